The summed E-state index contributed by atoms with van der Waals surface area (Å²) in [6.07, 6.45) is -5.88. The Morgan fingerprint density at radius 3 is 1.98 bits per heavy atom. The topological polar surface area (TPSA) is 411 Å². The first-order valence-corrected chi connectivity index (χ1v) is 31.7. The van der Waals surface area contributed by atoms with Crippen LogP contribution in [0.5, 0.6) is 11.8 Å². The highest BCUT2D eigenvalue weighted by atomic mass is 31.2. The van der Waals surface area contributed by atoms with Gasteiger partial charge < -0.3 is 58.9 Å². The highest BCUT2D eigenvalue weighted by molar-refractivity contribution is 7.52. The number of rotatable bonds is 32. The van der Waals surface area contributed by atoms with Crippen LogP contribution in [-0.2, 0) is 81.4 Å². The van der Waals surface area contributed by atoms with Crippen LogP contribution in [0.25, 0.3) is 22.3 Å². The molecule has 2 fully saturated rings. The highest BCUT2D eigenvalue weighted by Crippen LogP contribution is 2.49. The Balaban J connectivity index is 0.000000284. The van der Waals surface area contributed by atoms with E-state index in [1.54, 1.807) is 65.8 Å². The second-order valence-corrected chi connectivity index (χ2v) is 24.9. The average molecular weight is 1300 g/mol. The van der Waals surface area contributed by atoms with Crippen LogP contribution < -0.4 is 25.4 Å². The predicted octanol–water partition coefficient (Wildman–Crippen LogP) is 4.42. The summed E-state index contributed by atoms with van der Waals surface area (Å²) in [5.41, 5.74) is 3.11. The highest BCUT2D eigenvalue weighted by Gasteiger charge is 2.57. The SMILES string of the molecule is CCOC(=O)C(CCC(C)C)NP(=O)(OCC(=O)OC(C)C)OC[C@H]1O[C@@H](n2cnc3c(OCC)nc(C)nc32)[C@@](C)(F)C1O.CCOC(=O)CCNP(=O)(OCC(=O)OCc1ccccc1)OC[C@H]1O[C@@H](n2cnc3c(OC)nc(N)nc32)[C@@](C)(O)C1O. The van der Waals surface area contributed by atoms with E-state index < -0.39 is 126 Å². The zero-order chi connectivity index (χ0) is 65.4. The Morgan fingerprint density at radius 2 is 1.35 bits per heavy atom. The van der Waals surface area contributed by atoms with Crippen molar-refractivity contribution in [3.63, 3.8) is 0 Å². The number of aromatic nitrogens is 8. The maximum atomic E-state index is 16.1. The largest absolute Gasteiger partial charge is 0.479 e. The van der Waals surface area contributed by atoms with E-state index >= 15 is 4.39 Å². The van der Waals surface area contributed by atoms with Crippen molar-refractivity contribution in [1.82, 2.24) is 49.2 Å². The number of fused-ring (bicyclic) bond motifs is 2. The summed E-state index contributed by atoms with van der Waals surface area (Å²) in [6, 6.07) is 7.79. The molecule has 35 heteroatoms. The van der Waals surface area contributed by atoms with E-state index in [0.717, 1.165) is 12.5 Å². The molecule has 0 saturated carbocycles. The van der Waals surface area contributed by atoms with Gasteiger partial charge in [-0.2, -0.15) is 15.0 Å². The normalized spacial score (nSPS) is 23.3. The van der Waals surface area contributed by atoms with E-state index in [9.17, 15) is 43.6 Å². The number of halogens is 1. The van der Waals surface area contributed by atoms with Crippen molar-refractivity contribution < 1.29 is 104 Å². The van der Waals surface area contributed by atoms with Crippen LogP contribution in [0.3, 0.4) is 0 Å². The number of nitrogens with zero attached hydrogens (tertiary/aromatic N) is 8. The third kappa shape index (κ3) is 19.1. The van der Waals surface area contributed by atoms with E-state index in [1.165, 1.54) is 35.8 Å². The zero-order valence-electron chi connectivity index (χ0n) is 51.3. The first-order chi connectivity index (χ1) is 42.1. The van der Waals surface area contributed by atoms with Gasteiger partial charge in [-0.3, -0.25) is 36.8 Å². The van der Waals surface area contributed by atoms with Crippen molar-refractivity contribution in [3.05, 3.63) is 54.4 Å². The maximum absolute atomic E-state index is 16.1. The first kappa shape index (κ1) is 71.6. The summed E-state index contributed by atoms with van der Waals surface area (Å²) in [5, 5.41) is 38.2. The minimum atomic E-state index is -4.49. The number of aliphatic hydroxyl groups is 3. The molecule has 7 N–H and O–H groups in total. The van der Waals surface area contributed by atoms with Gasteiger partial charge in [-0.1, -0.05) is 44.2 Å². The number of carbonyl (C=O) groups is 4. The number of nitrogen functional groups attached to an aromatic ring is 1. The van der Waals surface area contributed by atoms with Crippen molar-refractivity contribution in [3.8, 4) is 11.8 Å². The van der Waals surface area contributed by atoms with E-state index in [-0.39, 0.29) is 85.2 Å². The molecule has 0 amide bonds. The van der Waals surface area contributed by atoms with Gasteiger partial charge in [-0.25, -0.2) is 48.2 Å². The number of esters is 4. The predicted molar refractivity (Wildman–Crippen MR) is 311 cm³/mol. The number of aliphatic hydroxyl groups excluding tert-OH is 2. The fourth-order valence-corrected chi connectivity index (χ4v) is 11.7. The standard InChI is InChI=1S/C28H45FN5O10P.C26H35N6O11P/c1-9-39-25-22-24(31-18(7)32-25)34(15-30-22)27-28(8,29)23(36)20(44-27)13-41-45(38,42-14-21(35)43-17(5)6)33-19(12-11-16(3)4)26(37)40-10-2;1-4-39-18(33)10-11-29-44(37,42-14-19(34)40-12-16-8-6-5-7-9-16)41-13-17-21(35)26(2,36)24(43-17)32-15-28-20-22(32)30-25(27)31-23(20)38-3/h15-17,19-20,23,27,36H,9-14H2,1-8H3,(H,33,38);5-9,15,17,21,24,35-36H,4,10-14H2,1-3H3,(H,29,37)(H2,27,30,31)/t19?,20-,23?,27-,28+,45?;17-,21?,24-,26+,44?/m11/s1. The Morgan fingerprint density at radius 1 is 0.753 bits per heavy atom. The molecule has 5 aromatic rings. The lowest BCUT2D eigenvalue weighted by Crippen LogP contribution is -2.44. The summed E-state index contributed by atoms with van der Waals surface area (Å²) < 4.78 is 111. The lowest BCUT2D eigenvalue weighted by molar-refractivity contribution is -0.150. The Labute approximate surface area is 512 Å². The van der Waals surface area contributed by atoms with Crippen molar-refractivity contribution in [2.75, 3.05) is 65.6 Å². The van der Waals surface area contributed by atoms with Crippen molar-refractivity contribution in [2.45, 2.75) is 155 Å². The average Bonchev–Trinajstić information content (AvgIpc) is 1.62. The van der Waals surface area contributed by atoms with Gasteiger partial charge in [0.1, 0.15) is 48.5 Å². The van der Waals surface area contributed by atoms with Crippen LogP contribution in [0.1, 0.15) is 105 Å². The molecule has 89 heavy (non-hydrogen) atoms. The quantitative estimate of drug-likeness (QED) is 0.0197. The molecule has 2 aliphatic rings. The van der Waals surface area contributed by atoms with E-state index in [4.69, 9.17) is 61.7 Å². The Hall–Kier alpha value is -6.45. The molecule has 32 nitrogen and oxygen atoms in total. The molecule has 0 bridgehead atoms. The molecule has 2 saturated heterocycles. The van der Waals surface area contributed by atoms with E-state index in [2.05, 4.69) is 40.1 Å². The van der Waals surface area contributed by atoms with Gasteiger partial charge in [-0.15, -0.1) is 0 Å². The van der Waals surface area contributed by atoms with Gasteiger partial charge in [0.15, 0.2) is 53.7 Å². The van der Waals surface area contributed by atoms with Crippen LogP contribution in [-0.4, -0.2) is 186 Å². The van der Waals surface area contributed by atoms with Crippen LogP contribution in [0.2, 0.25) is 0 Å². The van der Waals surface area contributed by atoms with Crippen molar-refractivity contribution in [1.29, 1.82) is 0 Å². The molecule has 0 radical (unpaired) electrons. The van der Waals surface area contributed by atoms with Gasteiger partial charge in [0.25, 0.3) is 0 Å². The molecule has 4 aromatic heterocycles. The van der Waals surface area contributed by atoms with Gasteiger partial charge in [-0.05, 0) is 79.7 Å². The lowest BCUT2D eigenvalue weighted by Gasteiger charge is -2.27. The lowest BCUT2D eigenvalue weighted by atomic mass is 9.96. The van der Waals surface area contributed by atoms with Gasteiger partial charge in [0.2, 0.25) is 17.7 Å². The molecular weight excluding hydrogens is 1220 g/mol. The number of ether oxygens (including phenoxy) is 8. The maximum Gasteiger partial charge on any atom is 0.406 e. The van der Waals surface area contributed by atoms with Crippen LogP contribution in [0.4, 0.5) is 10.3 Å². The molecule has 0 aliphatic carbocycles. The number of benzene rings is 1. The summed E-state index contributed by atoms with van der Waals surface area (Å²) in [6.45, 7) is 13.9. The third-order valence-corrected chi connectivity index (χ3v) is 16.5. The number of alkyl halides is 1. The van der Waals surface area contributed by atoms with E-state index in [1.807, 2.05) is 19.9 Å². The van der Waals surface area contributed by atoms with Crippen LogP contribution in [0, 0.1) is 12.8 Å². The number of imidazole rings is 2. The van der Waals surface area contributed by atoms with Gasteiger partial charge in [0.05, 0.1) is 65.3 Å². The molecule has 494 valence electrons. The van der Waals surface area contributed by atoms with Crippen LogP contribution in [0.15, 0.2) is 43.0 Å². The molecule has 11 atom stereocenters. The molecule has 2 aliphatic heterocycles. The number of hydrogen-bond donors (Lipinski definition) is 6. The van der Waals surface area contributed by atoms with E-state index in [0.29, 0.717) is 18.9 Å². The summed E-state index contributed by atoms with van der Waals surface area (Å²) in [4.78, 5) is 74.3. The number of carbonyl (C=O) groups excluding carboxylic acids is 4. The monoisotopic (exact) mass is 1300 g/mol. The summed E-state index contributed by atoms with van der Waals surface area (Å²) in [7, 11) is -7.42. The number of hydrogen-bond acceptors (Lipinski definition) is 28. The fourth-order valence-electron chi connectivity index (χ4n) is 8.98. The number of aryl methyl sites for hydroxylation is 1. The molecule has 5 unspecified atom stereocenters. The fraction of sp³-hybridized carbons (Fsp3) is 0.630. The zero-order valence-corrected chi connectivity index (χ0v) is 53.1. The first-order valence-electron chi connectivity index (χ1n) is 28.6. The number of methoxy groups -OCH3 is 1. The molecular formula is C54H80FN11O21P2. The van der Waals surface area contributed by atoms with Gasteiger partial charge >= 0.3 is 39.4 Å². The second-order valence-electron chi connectivity index (χ2n) is 21.3. The number of nitrogens with one attached hydrogen (secondary N) is 2. The molecule has 1 aromatic carbocycles. The molecule has 7 rings (SSSR count). The molecule has 6 heterocycles. The summed E-state index contributed by atoms with van der Waals surface area (Å²) >= 11 is 0. The van der Waals surface area contributed by atoms with Crippen molar-refractivity contribution in [2.24, 2.45) is 5.92 Å². The number of nitrogens with two attached hydrogens (primary N) is 1. The van der Waals surface area contributed by atoms with Crippen molar-refractivity contribution >= 4 is 67.6 Å². The second kappa shape index (κ2) is 32.0. The summed E-state index contributed by atoms with van der Waals surface area (Å²) in [5.74, 6) is -2.17. The van der Waals surface area contributed by atoms with Gasteiger partial charge in [0, 0.05) is 6.54 Å². The minimum absolute atomic E-state index is 0.0333. The Kier molecular flexibility index (Phi) is 25.8. The Bertz CT molecular complexity index is 3270. The molecule has 0 spiro atoms. The number of anilines is 1. The third-order valence-electron chi connectivity index (χ3n) is 13.3. The van der Waals surface area contributed by atoms with Crippen LogP contribution >= 0.6 is 15.5 Å². The smallest absolute Gasteiger partial charge is 0.406 e. The minimum Gasteiger partial charge on any atom is -0.479 e.